The third kappa shape index (κ3) is 5.35. The molecule has 0 radical (unpaired) electrons. The number of halogens is 1. The largest absolute Gasteiger partial charge is 0.373 e. The molecule has 1 aliphatic rings. The number of rotatable bonds is 4. The summed E-state index contributed by atoms with van der Waals surface area (Å²) in [7, 11) is 1.77. The number of nitrogens with one attached hydrogen (secondary N) is 3. The van der Waals surface area contributed by atoms with Crippen LogP contribution in [0.1, 0.15) is 52.8 Å². The zero-order valence-electron chi connectivity index (χ0n) is 22.1. The molecule has 3 N–H and O–H groups in total. The number of hydrogen-bond acceptors (Lipinski definition) is 6. The van der Waals surface area contributed by atoms with Crippen LogP contribution in [0.3, 0.4) is 0 Å². The first-order valence-electron chi connectivity index (χ1n) is 11.9. The monoisotopic (exact) mass is 509 g/mol. The number of anilines is 5. The van der Waals surface area contributed by atoms with E-state index in [4.69, 9.17) is 4.52 Å². The highest BCUT2D eigenvalue weighted by Crippen LogP contribution is 2.38. The number of pyridine rings is 1. The van der Waals surface area contributed by atoms with E-state index in [1.165, 1.54) is 23.1 Å². The van der Waals surface area contributed by atoms with Crippen LogP contribution in [-0.2, 0) is 12.0 Å². The van der Waals surface area contributed by atoms with Crippen LogP contribution in [-0.4, -0.2) is 34.8 Å². The van der Waals surface area contributed by atoms with Gasteiger partial charge in [-0.2, -0.15) is 0 Å². The van der Waals surface area contributed by atoms with Gasteiger partial charge < -0.3 is 15.2 Å². The zero-order chi connectivity index (χ0) is 27.1. The van der Waals surface area contributed by atoms with Crippen LogP contribution in [0.25, 0.3) is 0 Å². The number of amides is 4. The number of aromatic nitrogens is 2. The van der Waals surface area contributed by atoms with Crippen LogP contribution in [0, 0.1) is 5.82 Å². The number of carbonyl (C=O) groups excluding carboxylic acids is 2. The molecule has 10 nitrogen and oxygen atoms in total. The molecule has 3 aromatic rings. The predicted molar refractivity (Wildman–Crippen MR) is 142 cm³/mol. The summed E-state index contributed by atoms with van der Waals surface area (Å²) in [5, 5.41) is 12.0. The number of benzene rings is 1. The zero-order valence-corrected chi connectivity index (χ0v) is 22.1. The molecule has 0 saturated carbocycles. The molecule has 0 saturated heterocycles. The Morgan fingerprint density at radius 3 is 2.43 bits per heavy atom. The van der Waals surface area contributed by atoms with Gasteiger partial charge in [0, 0.05) is 47.6 Å². The first-order valence-corrected chi connectivity index (χ1v) is 11.9. The van der Waals surface area contributed by atoms with Crippen molar-refractivity contribution in [2.75, 3.05) is 32.8 Å². The van der Waals surface area contributed by atoms with Crippen LogP contribution in [0.4, 0.5) is 42.7 Å². The molecule has 37 heavy (non-hydrogen) atoms. The lowest BCUT2D eigenvalue weighted by atomic mass is 9.92. The van der Waals surface area contributed by atoms with E-state index in [2.05, 4.69) is 26.1 Å². The number of nitrogens with zero attached hydrogens (tertiary/aromatic N) is 4. The minimum atomic E-state index is -0.705. The first kappa shape index (κ1) is 25.9. The van der Waals surface area contributed by atoms with Crippen molar-refractivity contribution in [1.82, 2.24) is 10.1 Å². The summed E-state index contributed by atoms with van der Waals surface area (Å²) in [6.45, 7) is 11.9. The standard InChI is InChI=1S/C26H32FN7O3/c1-25(2,3)20-12-22(37-32-20)31-23(35)30-18-10-16(8-9-17(18)27)33-14-15-13-29-21(28-7)11-19(15)34(24(33)36)26(4,5)6/h8-13H,14H2,1-7H3,(H,28,29)(H2,30,31,35). The van der Waals surface area contributed by atoms with E-state index in [0.29, 0.717) is 17.2 Å². The lowest BCUT2D eigenvalue weighted by Crippen LogP contribution is -2.55. The number of fused-ring (bicyclic) bond motifs is 1. The third-order valence-corrected chi connectivity index (χ3v) is 5.91. The quantitative estimate of drug-likeness (QED) is 0.401. The van der Waals surface area contributed by atoms with Crippen molar-refractivity contribution < 1.29 is 18.5 Å². The maximum atomic E-state index is 14.7. The smallest absolute Gasteiger partial charge is 0.329 e. The lowest BCUT2D eigenvalue weighted by molar-refractivity contribution is 0.244. The van der Waals surface area contributed by atoms with Gasteiger partial charge >= 0.3 is 12.1 Å². The van der Waals surface area contributed by atoms with E-state index < -0.39 is 17.4 Å². The summed E-state index contributed by atoms with van der Waals surface area (Å²) in [6.07, 6.45) is 1.72. The van der Waals surface area contributed by atoms with Crippen LogP contribution in [0.2, 0.25) is 0 Å². The summed E-state index contributed by atoms with van der Waals surface area (Å²) in [6, 6.07) is 6.62. The molecule has 0 spiro atoms. The Morgan fingerprint density at radius 2 is 1.81 bits per heavy atom. The summed E-state index contributed by atoms with van der Waals surface area (Å²) < 4.78 is 19.8. The second-order valence-corrected chi connectivity index (χ2v) is 10.9. The van der Waals surface area contributed by atoms with Gasteiger partial charge in [0.15, 0.2) is 0 Å². The molecule has 1 aromatic carbocycles. The molecule has 0 aliphatic carbocycles. The van der Waals surface area contributed by atoms with E-state index in [1.54, 1.807) is 24.2 Å². The highest BCUT2D eigenvalue weighted by Gasteiger charge is 2.38. The lowest BCUT2D eigenvalue weighted by Gasteiger charge is -2.44. The van der Waals surface area contributed by atoms with Crippen molar-refractivity contribution in [1.29, 1.82) is 0 Å². The topological polar surface area (TPSA) is 116 Å². The van der Waals surface area contributed by atoms with Crippen LogP contribution in [0.15, 0.2) is 41.1 Å². The highest BCUT2D eigenvalue weighted by atomic mass is 19.1. The molecule has 4 rings (SSSR count). The molecule has 3 heterocycles. The average Bonchev–Trinajstić information content (AvgIpc) is 3.28. The van der Waals surface area contributed by atoms with Gasteiger partial charge in [-0.25, -0.2) is 19.0 Å². The number of carbonyl (C=O) groups is 2. The Balaban J connectivity index is 1.60. The van der Waals surface area contributed by atoms with Gasteiger partial charge in [0.1, 0.15) is 11.6 Å². The molecular formula is C26H32FN7O3. The number of urea groups is 2. The van der Waals surface area contributed by atoms with E-state index in [-0.39, 0.29) is 29.6 Å². The molecule has 196 valence electrons. The molecule has 11 heteroatoms. The van der Waals surface area contributed by atoms with Gasteiger partial charge in [-0.15, -0.1) is 0 Å². The number of hydrogen-bond donors (Lipinski definition) is 3. The van der Waals surface area contributed by atoms with Crippen molar-refractivity contribution in [2.45, 2.75) is 59.0 Å². The molecular weight excluding hydrogens is 477 g/mol. The second-order valence-electron chi connectivity index (χ2n) is 10.9. The van der Waals surface area contributed by atoms with Crippen LogP contribution in [0.5, 0.6) is 0 Å². The van der Waals surface area contributed by atoms with Gasteiger partial charge in [0.05, 0.1) is 23.6 Å². The maximum absolute atomic E-state index is 14.7. The highest BCUT2D eigenvalue weighted by molar-refractivity contribution is 6.07. The SMILES string of the molecule is CNc1cc2c(cn1)CN(c1ccc(F)c(NC(=O)Nc3cc(C(C)(C)C)no3)c1)C(=O)N2C(C)(C)C. The summed E-state index contributed by atoms with van der Waals surface area (Å²) in [5.74, 6) is 0.135. The van der Waals surface area contributed by atoms with Gasteiger partial charge in [0.2, 0.25) is 5.88 Å². The fourth-order valence-electron chi connectivity index (χ4n) is 3.98. The second kappa shape index (κ2) is 9.38. The van der Waals surface area contributed by atoms with E-state index >= 15 is 0 Å². The Morgan fingerprint density at radius 1 is 1.08 bits per heavy atom. The molecule has 0 fully saturated rings. The maximum Gasteiger partial charge on any atom is 0.329 e. The van der Waals surface area contributed by atoms with E-state index in [9.17, 15) is 14.0 Å². The minimum Gasteiger partial charge on any atom is -0.373 e. The van der Waals surface area contributed by atoms with Crippen molar-refractivity contribution in [3.8, 4) is 0 Å². The fourth-order valence-corrected chi connectivity index (χ4v) is 3.98. The van der Waals surface area contributed by atoms with Crippen LogP contribution >= 0.6 is 0 Å². The Labute approximate surface area is 215 Å². The van der Waals surface area contributed by atoms with Crippen molar-refractivity contribution >= 4 is 40.8 Å². The molecule has 2 aromatic heterocycles. The van der Waals surface area contributed by atoms with Crippen molar-refractivity contribution in [3.63, 3.8) is 0 Å². The molecule has 0 unspecified atom stereocenters. The van der Waals surface area contributed by atoms with E-state index in [0.717, 1.165) is 11.3 Å². The Kier molecular flexibility index (Phi) is 6.57. The summed E-state index contributed by atoms with van der Waals surface area (Å²) in [4.78, 5) is 33.9. The van der Waals surface area contributed by atoms with Gasteiger partial charge in [-0.05, 0) is 39.0 Å². The molecule has 1 aliphatic heterocycles. The first-order chi connectivity index (χ1) is 17.3. The Hall–Kier alpha value is -4.15. The summed E-state index contributed by atoms with van der Waals surface area (Å²) >= 11 is 0. The van der Waals surface area contributed by atoms with E-state index in [1.807, 2.05) is 47.6 Å². The van der Waals surface area contributed by atoms with Gasteiger partial charge in [-0.1, -0.05) is 25.9 Å². The normalized spacial score (nSPS) is 13.9. The Bertz CT molecular complexity index is 1340. The van der Waals surface area contributed by atoms with Gasteiger partial charge in [-0.3, -0.25) is 15.1 Å². The minimum absolute atomic E-state index is 0.0879. The van der Waals surface area contributed by atoms with Crippen molar-refractivity contribution in [3.05, 3.63) is 53.6 Å². The fraction of sp³-hybridized carbons (Fsp3) is 0.385. The molecule has 0 atom stereocenters. The average molecular weight is 510 g/mol. The third-order valence-electron chi connectivity index (χ3n) is 5.91. The van der Waals surface area contributed by atoms with Crippen LogP contribution < -0.4 is 25.8 Å². The predicted octanol–water partition coefficient (Wildman–Crippen LogP) is 5.94. The molecule has 0 bridgehead atoms. The van der Waals surface area contributed by atoms with Crippen molar-refractivity contribution in [2.24, 2.45) is 0 Å². The summed E-state index contributed by atoms with van der Waals surface area (Å²) in [5.41, 5.74) is 1.80. The molecule has 4 amide bonds. The van der Waals surface area contributed by atoms with Gasteiger partial charge in [0.25, 0.3) is 0 Å².